The highest BCUT2D eigenvalue weighted by atomic mass is 16.3. The highest BCUT2D eigenvalue weighted by Gasteiger charge is 2.01. The maximum Gasteiger partial charge on any atom is 0.133 e. The molecule has 0 amide bonds. The van der Waals surface area contributed by atoms with Gasteiger partial charge in [-0.3, -0.25) is 0 Å². The summed E-state index contributed by atoms with van der Waals surface area (Å²) in [6, 6.07) is 7.90. The largest absolute Gasteiger partial charge is 0.464 e. The van der Waals surface area contributed by atoms with Gasteiger partial charge in [0, 0.05) is 5.39 Å². The van der Waals surface area contributed by atoms with Crippen molar-refractivity contribution in [3.05, 3.63) is 36.1 Å². The van der Waals surface area contributed by atoms with Gasteiger partial charge in [-0.15, -0.1) is 0 Å². The smallest absolute Gasteiger partial charge is 0.133 e. The Morgan fingerprint density at radius 2 is 2.23 bits per heavy atom. The summed E-state index contributed by atoms with van der Waals surface area (Å²) in [6.45, 7) is 1.79. The third kappa shape index (κ3) is 1.73. The van der Waals surface area contributed by atoms with Crippen LogP contribution < -0.4 is 0 Å². The number of aliphatic hydroxyl groups is 1. The molecule has 2 heteroatoms. The van der Waals surface area contributed by atoms with E-state index in [0.29, 0.717) is 6.42 Å². The van der Waals surface area contributed by atoms with Gasteiger partial charge in [0.15, 0.2) is 0 Å². The van der Waals surface area contributed by atoms with Crippen molar-refractivity contribution in [1.82, 2.24) is 0 Å². The molecule has 2 rings (SSSR count). The lowest BCUT2D eigenvalue weighted by Gasteiger charge is -2.03. The molecule has 2 aromatic rings. The number of fused-ring (bicyclic) bond motifs is 1. The fourth-order valence-corrected chi connectivity index (χ4v) is 1.48. The van der Waals surface area contributed by atoms with E-state index in [2.05, 4.69) is 0 Å². The van der Waals surface area contributed by atoms with Crippen molar-refractivity contribution >= 4 is 11.0 Å². The lowest BCUT2D eigenvalue weighted by molar-refractivity contribution is 0.195. The van der Waals surface area contributed by atoms with Crippen LogP contribution in [0.3, 0.4) is 0 Å². The van der Waals surface area contributed by atoms with E-state index < -0.39 is 0 Å². The summed E-state index contributed by atoms with van der Waals surface area (Å²) in [5.41, 5.74) is 2.04. The van der Waals surface area contributed by atoms with E-state index in [1.165, 1.54) is 0 Å². The first-order valence-electron chi connectivity index (χ1n) is 4.40. The van der Waals surface area contributed by atoms with Crippen molar-refractivity contribution in [3.63, 3.8) is 0 Å². The molecule has 0 spiro atoms. The zero-order chi connectivity index (χ0) is 9.26. The Bertz CT molecular complexity index is 401. The van der Waals surface area contributed by atoms with Gasteiger partial charge in [0.2, 0.25) is 0 Å². The molecule has 1 heterocycles. The molecular formula is C11H12O2. The predicted molar refractivity (Wildman–Crippen MR) is 51.6 cm³/mol. The predicted octanol–water partition coefficient (Wildman–Crippen LogP) is 2.36. The highest BCUT2D eigenvalue weighted by Crippen LogP contribution is 2.17. The molecule has 1 aromatic heterocycles. The molecule has 0 aliphatic heterocycles. The van der Waals surface area contributed by atoms with Gasteiger partial charge in [0.05, 0.1) is 12.4 Å². The number of furan rings is 1. The molecule has 0 saturated carbocycles. The minimum Gasteiger partial charge on any atom is -0.464 e. The van der Waals surface area contributed by atoms with Crippen LogP contribution in [0.4, 0.5) is 0 Å². The molecule has 1 atom stereocenters. The molecule has 0 unspecified atom stereocenters. The van der Waals surface area contributed by atoms with Gasteiger partial charge in [-0.25, -0.2) is 0 Å². The van der Waals surface area contributed by atoms with Crippen molar-refractivity contribution in [3.8, 4) is 0 Å². The summed E-state index contributed by atoms with van der Waals surface area (Å²) in [4.78, 5) is 0. The third-order valence-electron chi connectivity index (χ3n) is 2.05. The second-order valence-corrected chi connectivity index (χ2v) is 3.35. The van der Waals surface area contributed by atoms with Gasteiger partial charge >= 0.3 is 0 Å². The van der Waals surface area contributed by atoms with Gasteiger partial charge in [0.1, 0.15) is 5.58 Å². The Morgan fingerprint density at radius 3 is 3.00 bits per heavy atom. The molecule has 0 radical (unpaired) electrons. The molecule has 0 saturated heterocycles. The fourth-order valence-electron chi connectivity index (χ4n) is 1.48. The summed E-state index contributed by atoms with van der Waals surface area (Å²) in [5.74, 6) is 0. The molecule has 0 bridgehead atoms. The first-order valence-corrected chi connectivity index (χ1v) is 4.40. The van der Waals surface area contributed by atoms with Crippen LogP contribution >= 0.6 is 0 Å². The standard InChI is InChI=1S/C11H12O2/c1-8(12)6-9-2-3-11-10(7-9)4-5-13-11/h2-5,7-8,12H,6H2,1H3/t8-/m0/s1. The van der Waals surface area contributed by atoms with Crippen LogP contribution in [-0.2, 0) is 6.42 Å². The Balaban J connectivity index is 2.37. The zero-order valence-electron chi connectivity index (χ0n) is 7.53. The molecule has 68 valence electrons. The van der Waals surface area contributed by atoms with Crippen LogP contribution in [0, 0.1) is 0 Å². The second-order valence-electron chi connectivity index (χ2n) is 3.35. The van der Waals surface area contributed by atoms with Gasteiger partial charge in [-0.05, 0) is 37.1 Å². The van der Waals surface area contributed by atoms with Crippen LogP contribution in [0.5, 0.6) is 0 Å². The quantitative estimate of drug-likeness (QED) is 0.762. The van der Waals surface area contributed by atoms with E-state index >= 15 is 0 Å². The summed E-state index contributed by atoms with van der Waals surface area (Å²) >= 11 is 0. The van der Waals surface area contributed by atoms with E-state index in [0.717, 1.165) is 16.5 Å². The van der Waals surface area contributed by atoms with Crippen molar-refractivity contribution in [2.75, 3.05) is 0 Å². The van der Waals surface area contributed by atoms with Crippen molar-refractivity contribution < 1.29 is 9.52 Å². The summed E-state index contributed by atoms with van der Waals surface area (Å²) in [5, 5.41) is 10.3. The van der Waals surface area contributed by atoms with E-state index in [9.17, 15) is 5.11 Å². The Labute approximate surface area is 76.8 Å². The first-order chi connectivity index (χ1) is 6.25. The Morgan fingerprint density at radius 1 is 1.38 bits per heavy atom. The molecule has 13 heavy (non-hydrogen) atoms. The first kappa shape index (κ1) is 8.32. The normalized spacial score (nSPS) is 13.4. The monoisotopic (exact) mass is 176 g/mol. The van der Waals surface area contributed by atoms with Crippen LogP contribution in [0.1, 0.15) is 12.5 Å². The number of rotatable bonds is 2. The van der Waals surface area contributed by atoms with Crippen molar-refractivity contribution in [2.45, 2.75) is 19.4 Å². The van der Waals surface area contributed by atoms with Gasteiger partial charge in [-0.2, -0.15) is 0 Å². The highest BCUT2D eigenvalue weighted by molar-refractivity contribution is 5.77. The van der Waals surface area contributed by atoms with Crippen LogP contribution in [0.2, 0.25) is 0 Å². The van der Waals surface area contributed by atoms with Gasteiger partial charge < -0.3 is 9.52 Å². The molecule has 1 N–H and O–H groups in total. The number of hydrogen-bond acceptors (Lipinski definition) is 2. The van der Waals surface area contributed by atoms with Gasteiger partial charge in [0.25, 0.3) is 0 Å². The molecule has 0 aliphatic rings. The summed E-state index contributed by atoms with van der Waals surface area (Å²) in [6.07, 6.45) is 2.09. The third-order valence-corrected chi connectivity index (χ3v) is 2.05. The molecule has 0 fully saturated rings. The lowest BCUT2D eigenvalue weighted by Crippen LogP contribution is -2.03. The topological polar surface area (TPSA) is 33.4 Å². The second kappa shape index (κ2) is 3.23. The maximum atomic E-state index is 9.21. The molecule has 0 aliphatic carbocycles. The lowest BCUT2D eigenvalue weighted by atomic mass is 10.1. The zero-order valence-corrected chi connectivity index (χ0v) is 7.53. The minimum atomic E-state index is -0.288. The van der Waals surface area contributed by atoms with E-state index in [-0.39, 0.29) is 6.10 Å². The Kier molecular flexibility index (Phi) is 2.07. The molecule has 1 aromatic carbocycles. The number of benzene rings is 1. The number of hydrogen-bond donors (Lipinski definition) is 1. The Hall–Kier alpha value is -1.28. The van der Waals surface area contributed by atoms with Crippen LogP contribution in [0.25, 0.3) is 11.0 Å². The average Bonchev–Trinajstić information content (AvgIpc) is 2.49. The minimum absolute atomic E-state index is 0.288. The summed E-state index contributed by atoms with van der Waals surface area (Å²) in [7, 11) is 0. The molecular weight excluding hydrogens is 164 g/mol. The van der Waals surface area contributed by atoms with Crippen molar-refractivity contribution in [2.24, 2.45) is 0 Å². The van der Waals surface area contributed by atoms with E-state index in [4.69, 9.17) is 4.42 Å². The maximum absolute atomic E-state index is 9.21. The van der Waals surface area contributed by atoms with E-state index in [1.54, 1.807) is 13.2 Å². The van der Waals surface area contributed by atoms with Crippen molar-refractivity contribution in [1.29, 1.82) is 0 Å². The van der Waals surface area contributed by atoms with E-state index in [1.807, 2.05) is 24.3 Å². The molecule has 2 nitrogen and oxygen atoms in total. The van der Waals surface area contributed by atoms with Gasteiger partial charge in [-0.1, -0.05) is 6.07 Å². The SMILES string of the molecule is C[C@H](O)Cc1ccc2occc2c1. The average molecular weight is 176 g/mol. The summed E-state index contributed by atoms with van der Waals surface area (Å²) < 4.78 is 5.22. The van der Waals surface area contributed by atoms with Crippen LogP contribution in [-0.4, -0.2) is 11.2 Å². The van der Waals surface area contributed by atoms with Crippen LogP contribution in [0.15, 0.2) is 34.9 Å². The fraction of sp³-hybridized carbons (Fsp3) is 0.273. The number of aliphatic hydroxyl groups excluding tert-OH is 1.